The summed E-state index contributed by atoms with van der Waals surface area (Å²) in [5.74, 6) is 0.340. The zero-order valence-corrected chi connectivity index (χ0v) is 10.6. The zero-order valence-electron chi connectivity index (χ0n) is 7.53. The summed E-state index contributed by atoms with van der Waals surface area (Å²) in [6, 6.07) is 7.19. The summed E-state index contributed by atoms with van der Waals surface area (Å²) in [5.41, 5.74) is 0.861. The minimum absolute atomic E-state index is 0.340. The Bertz CT molecular complexity index is 519. The molecule has 0 saturated carbocycles. The molecule has 0 aliphatic heterocycles. The SMILES string of the molecule is ClCc1c(Cl)cc(Cl)c2ccc(Cl)cc12. The number of hydrogen-bond acceptors (Lipinski definition) is 0. The molecule has 0 spiro atoms. The molecule has 0 nitrogen and oxygen atoms in total. The van der Waals surface area contributed by atoms with Gasteiger partial charge >= 0.3 is 0 Å². The lowest BCUT2D eigenvalue weighted by Gasteiger charge is -2.08. The van der Waals surface area contributed by atoms with Gasteiger partial charge in [0.25, 0.3) is 0 Å². The van der Waals surface area contributed by atoms with Gasteiger partial charge < -0.3 is 0 Å². The summed E-state index contributed by atoms with van der Waals surface area (Å²) in [6.45, 7) is 0. The van der Waals surface area contributed by atoms with Crippen molar-refractivity contribution in [2.45, 2.75) is 5.88 Å². The average molecular weight is 280 g/mol. The first-order valence-electron chi connectivity index (χ1n) is 4.25. The molecule has 0 N–H and O–H groups in total. The Balaban J connectivity index is 2.91. The first kappa shape index (κ1) is 11.3. The molecule has 0 aliphatic rings. The summed E-state index contributed by atoms with van der Waals surface area (Å²) in [6.07, 6.45) is 0. The average Bonchev–Trinajstić information content (AvgIpc) is 2.17. The minimum atomic E-state index is 0.340. The van der Waals surface area contributed by atoms with E-state index in [1.807, 2.05) is 12.1 Å². The van der Waals surface area contributed by atoms with Gasteiger partial charge in [-0.2, -0.15) is 0 Å². The Morgan fingerprint density at radius 2 is 1.60 bits per heavy atom. The number of fused-ring (bicyclic) bond motifs is 1. The van der Waals surface area contributed by atoms with Gasteiger partial charge in [-0.15, -0.1) is 11.6 Å². The molecule has 2 aromatic carbocycles. The summed E-state index contributed by atoms with van der Waals surface area (Å²) < 4.78 is 0. The Morgan fingerprint density at radius 1 is 0.867 bits per heavy atom. The smallest absolute Gasteiger partial charge is 0.0499 e. The third-order valence-electron chi connectivity index (χ3n) is 2.24. The predicted octanol–water partition coefficient (Wildman–Crippen LogP) is 5.54. The standard InChI is InChI=1S/C11H6Cl4/c12-5-9-8-3-6(13)1-2-7(8)10(14)4-11(9)15/h1-4H,5H2. The molecule has 0 bridgehead atoms. The number of rotatable bonds is 1. The number of hydrogen-bond donors (Lipinski definition) is 0. The monoisotopic (exact) mass is 278 g/mol. The maximum Gasteiger partial charge on any atom is 0.0499 e. The molecule has 78 valence electrons. The Kier molecular flexibility index (Phi) is 3.32. The second kappa shape index (κ2) is 4.39. The number of benzene rings is 2. The van der Waals surface area contributed by atoms with Crippen LogP contribution >= 0.6 is 46.4 Å². The van der Waals surface area contributed by atoms with E-state index in [2.05, 4.69) is 0 Å². The van der Waals surface area contributed by atoms with Gasteiger partial charge in [0.15, 0.2) is 0 Å². The first-order chi connectivity index (χ1) is 7.13. The fourth-order valence-electron chi connectivity index (χ4n) is 1.51. The van der Waals surface area contributed by atoms with Crippen molar-refractivity contribution in [3.05, 3.63) is 44.9 Å². The molecule has 0 heterocycles. The van der Waals surface area contributed by atoms with Crippen LogP contribution in [0.15, 0.2) is 24.3 Å². The lowest BCUT2D eigenvalue weighted by atomic mass is 10.1. The number of alkyl halides is 1. The van der Waals surface area contributed by atoms with E-state index >= 15 is 0 Å². The summed E-state index contributed by atoms with van der Waals surface area (Å²) in [4.78, 5) is 0. The maximum atomic E-state index is 6.07. The van der Waals surface area contributed by atoms with Crippen LogP contribution in [0, 0.1) is 0 Å². The van der Waals surface area contributed by atoms with E-state index in [-0.39, 0.29) is 0 Å². The lowest BCUT2D eigenvalue weighted by molar-refractivity contribution is 1.45. The van der Waals surface area contributed by atoms with Crippen molar-refractivity contribution in [3.8, 4) is 0 Å². The van der Waals surface area contributed by atoms with E-state index in [9.17, 15) is 0 Å². The van der Waals surface area contributed by atoms with Crippen LogP contribution in [0.1, 0.15) is 5.56 Å². The molecule has 2 aromatic rings. The van der Waals surface area contributed by atoms with Crippen molar-refractivity contribution in [2.75, 3.05) is 0 Å². The van der Waals surface area contributed by atoms with Crippen molar-refractivity contribution in [2.24, 2.45) is 0 Å². The summed E-state index contributed by atoms with van der Waals surface area (Å²) >= 11 is 23.9. The molecule has 0 aromatic heterocycles. The highest BCUT2D eigenvalue weighted by atomic mass is 35.5. The van der Waals surface area contributed by atoms with Crippen molar-refractivity contribution in [3.63, 3.8) is 0 Å². The molecule has 0 aliphatic carbocycles. The molecule has 0 unspecified atom stereocenters. The highest BCUT2D eigenvalue weighted by molar-refractivity contribution is 6.40. The molecule has 4 heteroatoms. The molecule has 0 atom stereocenters. The topological polar surface area (TPSA) is 0 Å². The van der Waals surface area contributed by atoms with Crippen molar-refractivity contribution < 1.29 is 0 Å². The van der Waals surface area contributed by atoms with E-state index in [1.54, 1.807) is 12.1 Å². The van der Waals surface area contributed by atoms with Crippen molar-refractivity contribution >= 4 is 57.2 Å². The van der Waals surface area contributed by atoms with Gasteiger partial charge in [0.2, 0.25) is 0 Å². The van der Waals surface area contributed by atoms with Crippen LogP contribution in [0.4, 0.5) is 0 Å². The summed E-state index contributed by atoms with van der Waals surface area (Å²) in [7, 11) is 0. The van der Waals surface area contributed by atoms with Crippen LogP contribution < -0.4 is 0 Å². The second-order valence-corrected chi connectivity index (χ2v) is 4.66. The molecule has 0 saturated heterocycles. The van der Waals surface area contributed by atoms with Gasteiger partial charge in [-0.05, 0) is 29.1 Å². The van der Waals surface area contributed by atoms with Gasteiger partial charge in [0, 0.05) is 26.3 Å². The van der Waals surface area contributed by atoms with Gasteiger partial charge in [-0.3, -0.25) is 0 Å². The largest absolute Gasteiger partial charge is 0.121 e. The van der Waals surface area contributed by atoms with E-state index in [4.69, 9.17) is 46.4 Å². The quantitative estimate of drug-likeness (QED) is 0.601. The van der Waals surface area contributed by atoms with Crippen LogP contribution in [0.5, 0.6) is 0 Å². The third kappa shape index (κ3) is 2.05. The van der Waals surface area contributed by atoms with Gasteiger partial charge in [0.1, 0.15) is 0 Å². The fourth-order valence-corrected chi connectivity index (χ4v) is 2.65. The molecular weight excluding hydrogens is 274 g/mol. The zero-order chi connectivity index (χ0) is 11.0. The van der Waals surface area contributed by atoms with E-state index in [0.717, 1.165) is 16.3 Å². The van der Waals surface area contributed by atoms with Crippen LogP contribution in [0.25, 0.3) is 10.8 Å². The van der Waals surface area contributed by atoms with Crippen LogP contribution in [0.3, 0.4) is 0 Å². The molecule has 0 fully saturated rings. The predicted molar refractivity (Wildman–Crippen MR) is 68.5 cm³/mol. The van der Waals surface area contributed by atoms with Crippen molar-refractivity contribution in [1.29, 1.82) is 0 Å². The molecule has 2 rings (SSSR count). The molecule has 0 radical (unpaired) electrons. The molecular formula is C11H6Cl4. The van der Waals surface area contributed by atoms with E-state index in [0.29, 0.717) is 20.9 Å². The highest BCUT2D eigenvalue weighted by Crippen LogP contribution is 2.34. The Morgan fingerprint density at radius 3 is 2.27 bits per heavy atom. The van der Waals surface area contributed by atoms with Crippen LogP contribution in [-0.4, -0.2) is 0 Å². The Labute approximate surface area is 108 Å². The number of halogens is 4. The van der Waals surface area contributed by atoms with E-state index < -0.39 is 0 Å². The fraction of sp³-hybridized carbons (Fsp3) is 0.0909. The summed E-state index contributed by atoms with van der Waals surface area (Å²) in [5, 5.41) is 3.66. The molecule has 0 amide bonds. The minimum Gasteiger partial charge on any atom is -0.121 e. The molecule has 15 heavy (non-hydrogen) atoms. The third-order valence-corrected chi connectivity index (χ3v) is 3.39. The van der Waals surface area contributed by atoms with Crippen LogP contribution in [-0.2, 0) is 5.88 Å². The Hall–Kier alpha value is -0.140. The van der Waals surface area contributed by atoms with E-state index in [1.165, 1.54) is 0 Å². The van der Waals surface area contributed by atoms with Gasteiger partial charge in [-0.1, -0.05) is 40.9 Å². The van der Waals surface area contributed by atoms with Gasteiger partial charge in [0.05, 0.1) is 0 Å². The normalized spacial score (nSPS) is 10.9. The highest BCUT2D eigenvalue weighted by Gasteiger charge is 2.09. The first-order valence-corrected chi connectivity index (χ1v) is 5.92. The van der Waals surface area contributed by atoms with Gasteiger partial charge in [-0.25, -0.2) is 0 Å². The van der Waals surface area contributed by atoms with Crippen LogP contribution in [0.2, 0.25) is 15.1 Å². The lowest BCUT2D eigenvalue weighted by Crippen LogP contribution is -1.85. The second-order valence-electron chi connectivity index (χ2n) is 3.14. The van der Waals surface area contributed by atoms with Crippen molar-refractivity contribution in [1.82, 2.24) is 0 Å². The maximum absolute atomic E-state index is 6.07.